The van der Waals surface area contributed by atoms with Crippen LogP contribution in [0.4, 0.5) is 0 Å². The highest BCUT2D eigenvalue weighted by Gasteiger charge is 2.09. The molecule has 0 atom stereocenters. The predicted octanol–water partition coefficient (Wildman–Crippen LogP) is 2.57. The Labute approximate surface area is 99.9 Å². The molecule has 0 bridgehead atoms. The molecule has 0 radical (unpaired) electrons. The maximum Gasteiger partial charge on any atom is 0.210 e. The third kappa shape index (κ3) is 2.00. The number of ether oxygens (including phenoxy) is 1. The average Bonchev–Trinajstić information content (AvgIpc) is 2.70. The lowest BCUT2D eigenvalue weighted by molar-refractivity contribution is 0.412. The maximum absolute atomic E-state index is 8.80. The molecule has 0 aliphatic heterocycles. The molecule has 0 aliphatic carbocycles. The van der Waals surface area contributed by atoms with Crippen LogP contribution < -0.4 is 4.74 Å². The van der Waals surface area contributed by atoms with Crippen LogP contribution in [0.1, 0.15) is 17.1 Å². The molecule has 0 saturated heterocycles. The minimum absolute atomic E-state index is 0.339. The van der Waals surface area contributed by atoms with Gasteiger partial charge in [-0.2, -0.15) is 5.26 Å². The Morgan fingerprint density at radius 2 is 2.12 bits per heavy atom. The van der Waals surface area contributed by atoms with Crippen molar-refractivity contribution in [3.63, 3.8) is 0 Å². The Bertz CT molecular complexity index is 593. The molecule has 0 amide bonds. The van der Waals surface area contributed by atoms with Gasteiger partial charge < -0.3 is 9.72 Å². The lowest BCUT2D eigenvalue weighted by Gasteiger charge is -2.06. The Kier molecular flexibility index (Phi) is 2.84. The first kappa shape index (κ1) is 11.2. The molecule has 0 spiro atoms. The van der Waals surface area contributed by atoms with E-state index in [-0.39, 0.29) is 0 Å². The van der Waals surface area contributed by atoms with E-state index >= 15 is 0 Å². The second kappa shape index (κ2) is 4.30. The van der Waals surface area contributed by atoms with Gasteiger partial charge in [0.15, 0.2) is 0 Å². The summed E-state index contributed by atoms with van der Waals surface area (Å²) in [6.07, 6.45) is 0. The van der Waals surface area contributed by atoms with E-state index in [1.54, 1.807) is 7.11 Å². The zero-order chi connectivity index (χ0) is 12.4. The standard InChI is InChI=1S/C13H13N3O/c1-8-6-10(4-5-11(8)17-3)13-9(2)15-12(7-14)16-13/h4-6H,1-3H3,(H,15,16). The van der Waals surface area contributed by atoms with E-state index < -0.39 is 0 Å². The zero-order valence-corrected chi connectivity index (χ0v) is 10.0. The number of nitrogens with zero attached hydrogens (tertiary/aromatic N) is 2. The summed E-state index contributed by atoms with van der Waals surface area (Å²) in [6.45, 7) is 3.89. The van der Waals surface area contributed by atoms with Gasteiger partial charge in [0.1, 0.15) is 11.8 Å². The normalized spacial score (nSPS) is 10.0. The number of benzene rings is 1. The number of H-pyrrole nitrogens is 1. The van der Waals surface area contributed by atoms with E-state index in [1.807, 2.05) is 38.1 Å². The van der Waals surface area contributed by atoms with Crippen molar-refractivity contribution in [1.82, 2.24) is 9.97 Å². The predicted molar refractivity (Wildman–Crippen MR) is 64.8 cm³/mol. The molecule has 0 fully saturated rings. The molecule has 2 rings (SSSR count). The molecule has 1 heterocycles. The highest BCUT2D eigenvalue weighted by Crippen LogP contribution is 2.26. The van der Waals surface area contributed by atoms with Crippen molar-refractivity contribution in [3.8, 4) is 23.1 Å². The fourth-order valence-electron chi connectivity index (χ4n) is 1.82. The van der Waals surface area contributed by atoms with Gasteiger partial charge in [0.2, 0.25) is 5.82 Å². The number of hydrogen-bond acceptors (Lipinski definition) is 3. The highest BCUT2D eigenvalue weighted by atomic mass is 16.5. The first-order chi connectivity index (χ1) is 8.15. The molecular formula is C13H13N3O. The summed E-state index contributed by atoms with van der Waals surface area (Å²) in [7, 11) is 1.65. The molecule has 86 valence electrons. The van der Waals surface area contributed by atoms with E-state index in [0.29, 0.717) is 5.82 Å². The lowest BCUT2D eigenvalue weighted by atomic mass is 10.1. The van der Waals surface area contributed by atoms with Crippen molar-refractivity contribution in [2.45, 2.75) is 13.8 Å². The van der Waals surface area contributed by atoms with Crippen molar-refractivity contribution < 1.29 is 4.74 Å². The number of aromatic amines is 1. The summed E-state index contributed by atoms with van der Waals surface area (Å²) >= 11 is 0. The van der Waals surface area contributed by atoms with Gasteiger partial charge in [-0.25, -0.2) is 4.98 Å². The van der Waals surface area contributed by atoms with Gasteiger partial charge in [-0.15, -0.1) is 0 Å². The van der Waals surface area contributed by atoms with Crippen LogP contribution in [0.25, 0.3) is 11.3 Å². The quantitative estimate of drug-likeness (QED) is 0.857. The Hall–Kier alpha value is -2.28. The first-order valence-electron chi connectivity index (χ1n) is 5.27. The number of aromatic nitrogens is 2. The molecule has 0 aliphatic rings. The van der Waals surface area contributed by atoms with Crippen LogP contribution in [0.15, 0.2) is 18.2 Å². The van der Waals surface area contributed by atoms with Crippen molar-refractivity contribution in [2.24, 2.45) is 0 Å². The van der Waals surface area contributed by atoms with Crippen molar-refractivity contribution in [3.05, 3.63) is 35.3 Å². The van der Waals surface area contributed by atoms with Gasteiger partial charge in [0.05, 0.1) is 12.8 Å². The highest BCUT2D eigenvalue weighted by molar-refractivity contribution is 5.64. The molecule has 4 nitrogen and oxygen atoms in total. The summed E-state index contributed by atoms with van der Waals surface area (Å²) < 4.78 is 5.21. The van der Waals surface area contributed by atoms with Gasteiger partial charge >= 0.3 is 0 Å². The van der Waals surface area contributed by atoms with E-state index in [0.717, 1.165) is 28.3 Å². The Morgan fingerprint density at radius 1 is 1.35 bits per heavy atom. The molecule has 0 saturated carbocycles. The van der Waals surface area contributed by atoms with Crippen LogP contribution >= 0.6 is 0 Å². The third-order valence-electron chi connectivity index (χ3n) is 2.66. The van der Waals surface area contributed by atoms with Gasteiger partial charge in [-0.3, -0.25) is 0 Å². The fraction of sp³-hybridized carbons (Fsp3) is 0.231. The SMILES string of the molecule is COc1ccc(-c2nc(C#N)[nH]c2C)cc1C. The molecule has 4 heteroatoms. The number of nitrogens with one attached hydrogen (secondary N) is 1. The second-order valence-electron chi connectivity index (χ2n) is 3.86. The van der Waals surface area contributed by atoms with Crippen LogP contribution in [0.5, 0.6) is 5.75 Å². The van der Waals surface area contributed by atoms with Crippen LogP contribution in [0, 0.1) is 25.2 Å². The Balaban J connectivity index is 2.50. The maximum atomic E-state index is 8.80. The van der Waals surface area contributed by atoms with Gasteiger partial charge in [-0.05, 0) is 37.6 Å². The van der Waals surface area contributed by atoms with Gasteiger partial charge in [-0.1, -0.05) is 0 Å². The number of nitriles is 1. The van der Waals surface area contributed by atoms with Crippen LogP contribution in [0.2, 0.25) is 0 Å². The molecular weight excluding hydrogens is 214 g/mol. The summed E-state index contributed by atoms with van der Waals surface area (Å²) in [6, 6.07) is 7.86. The first-order valence-corrected chi connectivity index (χ1v) is 5.27. The number of imidazole rings is 1. The van der Waals surface area contributed by atoms with Crippen molar-refractivity contribution in [2.75, 3.05) is 7.11 Å². The van der Waals surface area contributed by atoms with E-state index in [9.17, 15) is 0 Å². The molecule has 17 heavy (non-hydrogen) atoms. The molecule has 1 aromatic carbocycles. The lowest BCUT2D eigenvalue weighted by Crippen LogP contribution is -1.88. The topological polar surface area (TPSA) is 61.7 Å². The number of methoxy groups -OCH3 is 1. The van der Waals surface area contributed by atoms with Crippen molar-refractivity contribution >= 4 is 0 Å². The smallest absolute Gasteiger partial charge is 0.210 e. The van der Waals surface area contributed by atoms with E-state index in [2.05, 4.69) is 9.97 Å². The molecule has 1 N–H and O–H groups in total. The minimum Gasteiger partial charge on any atom is -0.496 e. The average molecular weight is 227 g/mol. The number of hydrogen-bond donors (Lipinski definition) is 1. The van der Waals surface area contributed by atoms with Crippen LogP contribution in [-0.4, -0.2) is 17.1 Å². The monoisotopic (exact) mass is 227 g/mol. The van der Waals surface area contributed by atoms with Crippen LogP contribution in [-0.2, 0) is 0 Å². The van der Waals surface area contributed by atoms with Gasteiger partial charge in [0, 0.05) is 11.3 Å². The van der Waals surface area contributed by atoms with Gasteiger partial charge in [0.25, 0.3) is 0 Å². The third-order valence-corrected chi connectivity index (χ3v) is 2.66. The minimum atomic E-state index is 0.339. The number of aryl methyl sites for hydroxylation is 2. The summed E-state index contributed by atoms with van der Waals surface area (Å²) in [4.78, 5) is 7.18. The summed E-state index contributed by atoms with van der Waals surface area (Å²) in [5.74, 6) is 1.19. The summed E-state index contributed by atoms with van der Waals surface area (Å²) in [5, 5.41) is 8.80. The molecule has 0 unspecified atom stereocenters. The molecule has 2 aromatic rings. The number of rotatable bonds is 2. The fourth-order valence-corrected chi connectivity index (χ4v) is 1.82. The zero-order valence-electron chi connectivity index (χ0n) is 10.0. The summed E-state index contributed by atoms with van der Waals surface area (Å²) in [5.41, 5.74) is 3.74. The largest absolute Gasteiger partial charge is 0.496 e. The van der Waals surface area contributed by atoms with E-state index in [4.69, 9.17) is 10.00 Å². The molecule has 1 aromatic heterocycles. The van der Waals surface area contributed by atoms with Crippen LogP contribution in [0.3, 0.4) is 0 Å². The Morgan fingerprint density at radius 3 is 2.65 bits per heavy atom. The van der Waals surface area contributed by atoms with E-state index in [1.165, 1.54) is 0 Å². The second-order valence-corrected chi connectivity index (χ2v) is 3.86. The van der Waals surface area contributed by atoms with Crippen molar-refractivity contribution in [1.29, 1.82) is 5.26 Å².